The minimum Gasteiger partial charge on any atom is -0.362 e. The molecule has 158 valence electrons. The number of rotatable bonds is 3. The molecule has 1 aliphatic heterocycles. The number of fused-ring (bicyclic) bond motifs is 1. The zero-order valence-corrected chi connectivity index (χ0v) is 18.7. The third kappa shape index (κ3) is 4.05. The topological polar surface area (TPSA) is 59.0 Å². The Kier molecular flexibility index (Phi) is 5.78. The van der Waals surface area contributed by atoms with Gasteiger partial charge in [-0.25, -0.2) is 4.68 Å². The van der Waals surface area contributed by atoms with E-state index in [2.05, 4.69) is 31.7 Å². The number of carbonyl (C=O) groups is 1. The second kappa shape index (κ2) is 8.07. The highest BCUT2D eigenvalue weighted by Gasteiger charge is 2.48. The Morgan fingerprint density at radius 3 is 2.77 bits per heavy atom. The first-order valence-electron chi connectivity index (χ1n) is 8.56. The lowest BCUT2D eigenvalue weighted by Gasteiger charge is -2.33. The predicted octanol–water partition coefficient (Wildman–Crippen LogP) is 6.93. The van der Waals surface area contributed by atoms with Crippen LogP contribution in [0.4, 0.5) is 24.7 Å². The number of hydrogen-bond acceptors (Lipinski definition) is 4. The second-order valence-electron chi connectivity index (χ2n) is 6.54. The van der Waals surface area contributed by atoms with E-state index in [4.69, 9.17) is 23.2 Å². The lowest BCUT2D eigenvalue weighted by Crippen LogP contribution is -2.35. The van der Waals surface area contributed by atoms with Crippen molar-refractivity contribution in [2.45, 2.75) is 24.7 Å². The summed E-state index contributed by atoms with van der Waals surface area (Å²) in [6.45, 7) is 0. The van der Waals surface area contributed by atoms with Gasteiger partial charge in [0.25, 0.3) is 5.91 Å². The molecule has 2 N–H and O–H groups in total. The number of aromatic nitrogens is 2. The monoisotopic (exact) mass is 538 g/mol. The summed E-state index contributed by atoms with van der Waals surface area (Å²) < 4.78 is 42.3. The van der Waals surface area contributed by atoms with Crippen LogP contribution in [-0.4, -0.2) is 21.9 Å². The SMILES string of the molecule is O=C(Nc1cc(Cl)ccc1Cl)c1nn2c(c1Br)N[C@H](c1cccs1)C[C@H]2C(F)(F)F. The fourth-order valence-corrected chi connectivity index (χ4v) is 4.87. The molecule has 1 amide bonds. The molecule has 0 fully saturated rings. The first-order valence-corrected chi connectivity index (χ1v) is 11.0. The zero-order valence-electron chi connectivity index (χ0n) is 14.8. The molecule has 2 aromatic heterocycles. The number of thiophene rings is 1. The van der Waals surface area contributed by atoms with Crippen LogP contribution < -0.4 is 10.6 Å². The fraction of sp³-hybridized carbons (Fsp3) is 0.222. The molecule has 0 aliphatic carbocycles. The number of nitrogens with one attached hydrogen (secondary N) is 2. The molecule has 0 radical (unpaired) electrons. The Bertz CT molecular complexity index is 1100. The van der Waals surface area contributed by atoms with E-state index in [0.717, 1.165) is 9.56 Å². The molecule has 3 aromatic rings. The van der Waals surface area contributed by atoms with Crippen molar-refractivity contribution in [3.63, 3.8) is 0 Å². The van der Waals surface area contributed by atoms with Gasteiger partial charge in [0.15, 0.2) is 11.7 Å². The van der Waals surface area contributed by atoms with E-state index in [9.17, 15) is 18.0 Å². The highest BCUT2D eigenvalue weighted by molar-refractivity contribution is 9.10. The van der Waals surface area contributed by atoms with Gasteiger partial charge in [-0.05, 0) is 45.6 Å². The van der Waals surface area contributed by atoms with Gasteiger partial charge in [-0.1, -0.05) is 29.3 Å². The standard InChI is InChI=1S/C18H12BrCl2F3N4OS/c19-14-15(17(29)26-10-6-8(20)3-4-9(10)21)27-28-13(18(22,23)24)7-11(25-16(14)28)12-2-1-5-30-12/h1-6,11,13,25H,7H2,(H,26,29)/t11-,13-/m0/s1. The summed E-state index contributed by atoms with van der Waals surface area (Å²) in [7, 11) is 0. The Hall–Kier alpha value is -1.75. The van der Waals surface area contributed by atoms with Crippen molar-refractivity contribution < 1.29 is 18.0 Å². The number of alkyl halides is 3. The van der Waals surface area contributed by atoms with Gasteiger partial charge < -0.3 is 10.6 Å². The molecule has 5 nitrogen and oxygen atoms in total. The maximum Gasteiger partial charge on any atom is 0.410 e. The van der Waals surface area contributed by atoms with Crippen molar-refractivity contribution in [2.24, 2.45) is 0 Å². The average Bonchev–Trinajstić information content (AvgIpc) is 3.32. The fourth-order valence-electron chi connectivity index (χ4n) is 3.19. The summed E-state index contributed by atoms with van der Waals surface area (Å²) in [6.07, 6.45) is -4.78. The number of nitrogens with zero attached hydrogens (tertiary/aromatic N) is 2. The van der Waals surface area contributed by atoms with Crippen molar-refractivity contribution in [2.75, 3.05) is 10.6 Å². The molecule has 0 spiro atoms. The summed E-state index contributed by atoms with van der Waals surface area (Å²) in [4.78, 5) is 13.5. The number of halogens is 6. The van der Waals surface area contributed by atoms with E-state index in [-0.39, 0.29) is 33.1 Å². The maximum absolute atomic E-state index is 13.8. The van der Waals surface area contributed by atoms with Crippen LogP contribution in [0, 0.1) is 0 Å². The third-order valence-electron chi connectivity index (χ3n) is 4.57. The summed E-state index contributed by atoms with van der Waals surface area (Å²) in [5, 5.41) is 11.9. The van der Waals surface area contributed by atoms with E-state index in [0.29, 0.717) is 5.02 Å². The molecule has 30 heavy (non-hydrogen) atoms. The van der Waals surface area contributed by atoms with Gasteiger partial charge in [-0.3, -0.25) is 4.79 Å². The lowest BCUT2D eigenvalue weighted by molar-refractivity contribution is -0.173. The highest BCUT2D eigenvalue weighted by atomic mass is 79.9. The Morgan fingerprint density at radius 2 is 2.10 bits per heavy atom. The molecule has 1 aromatic carbocycles. The van der Waals surface area contributed by atoms with E-state index in [1.807, 2.05) is 0 Å². The molecule has 2 atom stereocenters. The van der Waals surface area contributed by atoms with Gasteiger partial charge in [0.2, 0.25) is 0 Å². The molecule has 0 bridgehead atoms. The van der Waals surface area contributed by atoms with Crippen LogP contribution in [0.5, 0.6) is 0 Å². The first-order chi connectivity index (χ1) is 14.1. The number of benzene rings is 1. The van der Waals surface area contributed by atoms with Gasteiger partial charge in [-0.2, -0.15) is 18.3 Å². The molecule has 0 saturated carbocycles. The summed E-state index contributed by atoms with van der Waals surface area (Å²) in [5.74, 6) is -0.632. The Morgan fingerprint density at radius 1 is 1.33 bits per heavy atom. The minimum atomic E-state index is -4.54. The molecule has 0 unspecified atom stereocenters. The number of carbonyl (C=O) groups excluding carboxylic acids is 1. The molecule has 4 rings (SSSR count). The lowest BCUT2D eigenvalue weighted by atomic mass is 10.0. The van der Waals surface area contributed by atoms with Crippen molar-refractivity contribution in [3.8, 4) is 0 Å². The van der Waals surface area contributed by atoms with Gasteiger partial charge in [-0.15, -0.1) is 11.3 Å². The predicted molar refractivity (Wildman–Crippen MR) is 115 cm³/mol. The van der Waals surface area contributed by atoms with Gasteiger partial charge >= 0.3 is 6.18 Å². The van der Waals surface area contributed by atoms with E-state index in [1.165, 1.54) is 23.5 Å². The number of anilines is 2. The van der Waals surface area contributed by atoms with E-state index < -0.39 is 24.2 Å². The van der Waals surface area contributed by atoms with E-state index in [1.54, 1.807) is 23.6 Å². The quantitative estimate of drug-likeness (QED) is 0.379. The zero-order chi connectivity index (χ0) is 21.6. The van der Waals surface area contributed by atoms with Gasteiger partial charge in [0.1, 0.15) is 5.82 Å². The van der Waals surface area contributed by atoms with Gasteiger partial charge in [0, 0.05) is 16.3 Å². The maximum atomic E-state index is 13.8. The Balaban J connectivity index is 1.71. The van der Waals surface area contributed by atoms with Gasteiger partial charge in [0.05, 0.1) is 21.2 Å². The molecule has 12 heteroatoms. The van der Waals surface area contributed by atoms with Crippen molar-refractivity contribution in [1.29, 1.82) is 0 Å². The van der Waals surface area contributed by atoms with Crippen molar-refractivity contribution in [3.05, 3.63) is 60.8 Å². The average molecular weight is 540 g/mol. The van der Waals surface area contributed by atoms with Crippen LogP contribution in [0.15, 0.2) is 40.2 Å². The summed E-state index contributed by atoms with van der Waals surface area (Å²) in [5.41, 5.74) is 0.0263. The largest absolute Gasteiger partial charge is 0.410 e. The molecule has 0 saturated heterocycles. The van der Waals surface area contributed by atoms with Crippen LogP contribution >= 0.6 is 50.5 Å². The Labute approximate surface area is 191 Å². The second-order valence-corrected chi connectivity index (χ2v) is 9.16. The minimum absolute atomic E-state index is 0.0873. The third-order valence-corrected chi connectivity index (χ3v) is 6.88. The molecule has 1 aliphatic rings. The summed E-state index contributed by atoms with van der Waals surface area (Å²) >= 11 is 16.6. The van der Waals surface area contributed by atoms with Crippen LogP contribution in [0.25, 0.3) is 0 Å². The van der Waals surface area contributed by atoms with E-state index >= 15 is 0 Å². The van der Waals surface area contributed by atoms with Crippen LogP contribution in [0.3, 0.4) is 0 Å². The first kappa shape index (κ1) is 21.5. The molecule has 3 heterocycles. The molecular weight excluding hydrogens is 528 g/mol. The smallest absolute Gasteiger partial charge is 0.362 e. The number of amides is 1. The van der Waals surface area contributed by atoms with Crippen molar-refractivity contribution >= 4 is 67.9 Å². The van der Waals surface area contributed by atoms with Crippen molar-refractivity contribution in [1.82, 2.24) is 9.78 Å². The van der Waals surface area contributed by atoms with Crippen LogP contribution in [0.1, 0.15) is 33.9 Å². The van der Waals surface area contributed by atoms with Crippen LogP contribution in [0.2, 0.25) is 10.0 Å². The highest BCUT2D eigenvalue weighted by Crippen LogP contribution is 2.47. The molecular formula is C18H12BrCl2F3N4OS. The number of hydrogen-bond donors (Lipinski definition) is 2. The summed E-state index contributed by atoms with van der Waals surface area (Å²) in [6, 6.07) is 5.59. The normalized spacial score (nSPS) is 18.6. The van der Waals surface area contributed by atoms with Crippen LogP contribution in [-0.2, 0) is 0 Å².